The maximum atomic E-state index is 12.0. The molecule has 1 saturated heterocycles. The van der Waals surface area contributed by atoms with Crippen LogP contribution >= 0.6 is 11.3 Å². The fourth-order valence-corrected chi connectivity index (χ4v) is 3.20. The van der Waals surface area contributed by atoms with Gasteiger partial charge >= 0.3 is 5.97 Å². The van der Waals surface area contributed by atoms with Crippen LogP contribution in [0.2, 0.25) is 0 Å². The van der Waals surface area contributed by atoms with Gasteiger partial charge in [-0.1, -0.05) is 6.92 Å². The van der Waals surface area contributed by atoms with E-state index in [2.05, 4.69) is 5.32 Å². The van der Waals surface area contributed by atoms with Gasteiger partial charge in [0.2, 0.25) is 5.91 Å². The number of likely N-dealkylation sites (tertiary alicyclic amines) is 1. The van der Waals surface area contributed by atoms with E-state index >= 15 is 0 Å². The first kappa shape index (κ1) is 14.5. The van der Waals surface area contributed by atoms with Crippen molar-refractivity contribution in [2.75, 3.05) is 18.4 Å². The molecule has 2 atom stereocenters. The SMILES string of the molecule is CC1CCN(CC(=O)Nc2sccc2C#N)C1C(=O)O. The number of aliphatic carboxylic acids is 1. The predicted molar refractivity (Wildman–Crippen MR) is 74.4 cm³/mol. The molecule has 106 valence electrons. The van der Waals surface area contributed by atoms with Crippen LogP contribution in [-0.2, 0) is 9.59 Å². The predicted octanol–water partition coefficient (Wildman–Crippen LogP) is 1.35. The molecule has 1 fully saturated rings. The second kappa shape index (κ2) is 6.03. The number of carbonyl (C=O) groups is 2. The molecule has 1 aliphatic rings. The summed E-state index contributed by atoms with van der Waals surface area (Å²) in [6, 6.07) is 3.02. The molecule has 1 aliphatic heterocycles. The van der Waals surface area contributed by atoms with Crippen molar-refractivity contribution in [3.8, 4) is 6.07 Å². The Bertz CT molecular complexity index is 563. The Kier molecular flexibility index (Phi) is 4.37. The van der Waals surface area contributed by atoms with E-state index in [0.717, 1.165) is 6.42 Å². The minimum Gasteiger partial charge on any atom is -0.480 e. The Morgan fingerprint density at radius 1 is 1.65 bits per heavy atom. The smallest absolute Gasteiger partial charge is 0.321 e. The molecule has 0 aromatic carbocycles. The lowest BCUT2D eigenvalue weighted by molar-refractivity contribution is -0.143. The lowest BCUT2D eigenvalue weighted by atomic mass is 10.0. The third-order valence-corrected chi connectivity index (χ3v) is 4.27. The monoisotopic (exact) mass is 293 g/mol. The fourth-order valence-electron chi connectivity index (χ4n) is 2.45. The molecule has 20 heavy (non-hydrogen) atoms. The standard InChI is InChI=1S/C13H15N3O3S/c1-8-2-4-16(11(8)13(18)19)7-10(17)15-12-9(6-14)3-5-20-12/h3,5,8,11H,2,4,7H2,1H3,(H,15,17)(H,18,19). The number of nitriles is 1. The van der Waals surface area contributed by atoms with Gasteiger partial charge in [-0.3, -0.25) is 14.5 Å². The number of thiophene rings is 1. The first-order valence-corrected chi connectivity index (χ1v) is 7.15. The Morgan fingerprint density at radius 2 is 2.40 bits per heavy atom. The van der Waals surface area contributed by atoms with Crippen LogP contribution in [0.15, 0.2) is 11.4 Å². The van der Waals surface area contributed by atoms with Crippen molar-refractivity contribution >= 4 is 28.2 Å². The molecule has 7 heteroatoms. The number of rotatable bonds is 4. The lowest BCUT2D eigenvalue weighted by Gasteiger charge is -2.22. The van der Waals surface area contributed by atoms with Crippen LogP contribution < -0.4 is 5.32 Å². The molecule has 2 unspecified atom stereocenters. The van der Waals surface area contributed by atoms with Crippen LogP contribution in [0.3, 0.4) is 0 Å². The van der Waals surface area contributed by atoms with Gasteiger partial charge in [0.05, 0.1) is 12.1 Å². The van der Waals surface area contributed by atoms with Crippen LogP contribution in [0.25, 0.3) is 0 Å². The molecule has 1 aromatic heterocycles. The van der Waals surface area contributed by atoms with Gasteiger partial charge in [-0.25, -0.2) is 0 Å². The topological polar surface area (TPSA) is 93.4 Å². The van der Waals surface area contributed by atoms with E-state index in [0.29, 0.717) is 17.1 Å². The molecule has 2 heterocycles. The second-order valence-corrected chi connectivity index (χ2v) is 5.76. The molecule has 1 amide bonds. The van der Waals surface area contributed by atoms with Crippen molar-refractivity contribution in [2.24, 2.45) is 5.92 Å². The number of nitrogens with zero attached hydrogens (tertiary/aromatic N) is 2. The molecule has 0 spiro atoms. The lowest BCUT2D eigenvalue weighted by Crippen LogP contribution is -2.43. The Hall–Kier alpha value is -1.91. The molecule has 0 bridgehead atoms. The summed E-state index contributed by atoms with van der Waals surface area (Å²) >= 11 is 1.28. The van der Waals surface area contributed by atoms with Crippen molar-refractivity contribution < 1.29 is 14.7 Å². The highest BCUT2D eigenvalue weighted by Crippen LogP contribution is 2.25. The average molecular weight is 293 g/mol. The van der Waals surface area contributed by atoms with E-state index in [-0.39, 0.29) is 18.4 Å². The highest BCUT2D eigenvalue weighted by Gasteiger charge is 2.37. The van der Waals surface area contributed by atoms with E-state index in [1.54, 1.807) is 16.3 Å². The summed E-state index contributed by atoms with van der Waals surface area (Å²) in [5.41, 5.74) is 0.424. The molecule has 2 N–H and O–H groups in total. The number of carbonyl (C=O) groups excluding carboxylic acids is 1. The first-order valence-electron chi connectivity index (χ1n) is 6.27. The Labute approximate surface area is 120 Å². The highest BCUT2D eigenvalue weighted by molar-refractivity contribution is 7.14. The fraction of sp³-hybridized carbons (Fsp3) is 0.462. The number of amides is 1. The Balaban J connectivity index is 1.98. The minimum atomic E-state index is -0.892. The van der Waals surface area contributed by atoms with Crippen LogP contribution in [0.4, 0.5) is 5.00 Å². The van der Waals surface area contributed by atoms with E-state index in [4.69, 9.17) is 5.26 Å². The summed E-state index contributed by atoms with van der Waals surface area (Å²) in [6.45, 7) is 2.51. The van der Waals surface area contributed by atoms with Crippen molar-refractivity contribution in [1.29, 1.82) is 5.26 Å². The molecular formula is C13H15N3O3S. The summed E-state index contributed by atoms with van der Waals surface area (Å²) in [5, 5.41) is 23.0. The molecular weight excluding hydrogens is 278 g/mol. The largest absolute Gasteiger partial charge is 0.480 e. The van der Waals surface area contributed by atoms with Gasteiger partial charge in [0.15, 0.2) is 0 Å². The minimum absolute atomic E-state index is 0.0318. The number of carboxylic acids is 1. The van der Waals surface area contributed by atoms with Crippen LogP contribution in [0, 0.1) is 17.2 Å². The number of anilines is 1. The molecule has 6 nitrogen and oxygen atoms in total. The number of carboxylic acid groups (broad SMARTS) is 1. The van der Waals surface area contributed by atoms with Gasteiger partial charge < -0.3 is 10.4 Å². The summed E-state index contributed by atoms with van der Waals surface area (Å²) in [7, 11) is 0. The molecule has 0 saturated carbocycles. The summed E-state index contributed by atoms with van der Waals surface area (Å²) in [5.74, 6) is -1.14. The van der Waals surface area contributed by atoms with Crippen molar-refractivity contribution in [1.82, 2.24) is 4.90 Å². The van der Waals surface area contributed by atoms with Crippen LogP contribution in [0.5, 0.6) is 0 Å². The van der Waals surface area contributed by atoms with Crippen molar-refractivity contribution in [2.45, 2.75) is 19.4 Å². The van der Waals surface area contributed by atoms with Crippen molar-refractivity contribution in [3.05, 3.63) is 17.0 Å². The van der Waals surface area contributed by atoms with E-state index in [9.17, 15) is 14.7 Å². The summed E-state index contributed by atoms with van der Waals surface area (Å²) < 4.78 is 0. The van der Waals surface area contributed by atoms with Crippen LogP contribution in [-0.4, -0.2) is 41.0 Å². The van der Waals surface area contributed by atoms with Gasteiger partial charge in [0.1, 0.15) is 17.1 Å². The zero-order valence-electron chi connectivity index (χ0n) is 11.0. The third kappa shape index (κ3) is 2.98. The highest BCUT2D eigenvalue weighted by atomic mass is 32.1. The van der Waals surface area contributed by atoms with Gasteiger partial charge in [-0.2, -0.15) is 5.26 Å². The van der Waals surface area contributed by atoms with Crippen LogP contribution in [0.1, 0.15) is 18.9 Å². The number of nitrogens with one attached hydrogen (secondary N) is 1. The maximum Gasteiger partial charge on any atom is 0.321 e. The summed E-state index contributed by atoms with van der Waals surface area (Å²) in [4.78, 5) is 24.8. The van der Waals surface area contributed by atoms with E-state index in [1.165, 1.54) is 11.3 Å². The first-order chi connectivity index (χ1) is 9.52. The third-order valence-electron chi connectivity index (χ3n) is 3.44. The van der Waals surface area contributed by atoms with Gasteiger partial charge in [0, 0.05) is 0 Å². The molecule has 0 radical (unpaired) electrons. The molecule has 0 aliphatic carbocycles. The molecule has 2 rings (SSSR count). The average Bonchev–Trinajstić information content (AvgIpc) is 2.96. The van der Waals surface area contributed by atoms with E-state index < -0.39 is 12.0 Å². The van der Waals surface area contributed by atoms with Gasteiger partial charge in [0.25, 0.3) is 0 Å². The van der Waals surface area contributed by atoms with Gasteiger partial charge in [-0.15, -0.1) is 11.3 Å². The normalized spacial score (nSPS) is 22.4. The van der Waals surface area contributed by atoms with Crippen molar-refractivity contribution in [3.63, 3.8) is 0 Å². The summed E-state index contributed by atoms with van der Waals surface area (Å²) in [6.07, 6.45) is 0.771. The zero-order chi connectivity index (χ0) is 14.7. The van der Waals surface area contributed by atoms with Gasteiger partial charge in [-0.05, 0) is 30.3 Å². The maximum absolute atomic E-state index is 12.0. The van der Waals surface area contributed by atoms with E-state index in [1.807, 2.05) is 13.0 Å². The quantitative estimate of drug-likeness (QED) is 0.874. The number of hydrogen-bond acceptors (Lipinski definition) is 5. The Morgan fingerprint density at radius 3 is 3.05 bits per heavy atom. The number of hydrogen-bond donors (Lipinski definition) is 2. The second-order valence-electron chi connectivity index (χ2n) is 4.84. The zero-order valence-corrected chi connectivity index (χ0v) is 11.8. The molecule has 1 aromatic rings.